The molecule has 1 amide bonds. The summed E-state index contributed by atoms with van der Waals surface area (Å²) in [6.45, 7) is 7.23. The molecule has 0 aromatic heterocycles. The van der Waals surface area contributed by atoms with Crippen LogP contribution >= 0.6 is 0 Å². The number of fused-ring (bicyclic) bond motifs is 1. The molecule has 0 bridgehead atoms. The second kappa shape index (κ2) is 9.83. The number of amides is 1. The first-order valence-electron chi connectivity index (χ1n) is 10.9. The molecular formula is C24H33N3O3S. The number of carbonyl (C=O) groups excluding carboxylic acids is 1. The van der Waals surface area contributed by atoms with Crippen LogP contribution in [0.15, 0.2) is 48.5 Å². The number of anilines is 2. The molecule has 1 aliphatic heterocycles. The van der Waals surface area contributed by atoms with Crippen molar-refractivity contribution in [2.24, 2.45) is 0 Å². The van der Waals surface area contributed by atoms with Crippen molar-refractivity contribution in [1.29, 1.82) is 0 Å². The van der Waals surface area contributed by atoms with Gasteiger partial charge in [0.05, 0.1) is 4.75 Å². The summed E-state index contributed by atoms with van der Waals surface area (Å²) >= 11 is 0. The summed E-state index contributed by atoms with van der Waals surface area (Å²) in [6.07, 6.45) is 2.66. The van der Waals surface area contributed by atoms with E-state index in [0.717, 1.165) is 30.9 Å². The lowest BCUT2D eigenvalue weighted by Gasteiger charge is -2.30. The van der Waals surface area contributed by atoms with Gasteiger partial charge in [0.2, 0.25) is 15.9 Å². The summed E-state index contributed by atoms with van der Waals surface area (Å²) in [4.78, 5) is 14.5. The minimum absolute atomic E-state index is 0.0571. The molecule has 0 radical (unpaired) electrons. The lowest BCUT2D eigenvalue weighted by atomic mass is 9.99. The molecule has 2 aromatic carbocycles. The van der Waals surface area contributed by atoms with E-state index in [0.29, 0.717) is 25.8 Å². The van der Waals surface area contributed by atoms with Gasteiger partial charge >= 0.3 is 0 Å². The van der Waals surface area contributed by atoms with Crippen molar-refractivity contribution >= 4 is 27.3 Å². The van der Waals surface area contributed by atoms with Gasteiger partial charge < -0.3 is 10.2 Å². The highest BCUT2D eigenvalue weighted by Crippen LogP contribution is 2.25. The number of hydrogen-bond donors (Lipinski definition) is 2. The molecule has 6 nitrogen and oxygen atoms in total. The SMILES string of the molecule is CC(C)(C)S(=O)(=O)NCCCCC(=O)Nc1ccc(N2CCc3ccccc3C2)cc1. The number of benzene rings is 2. The van der Waals surface area contributed by atoms with E-state index in [-0.39, 0.29) is 5.91 Å². The molecule has 0 saturated carbocycles. The second-order valence-electron chi connectivity index (χ2n) is 9.00. The maximum absolute atomic E-state index is 12.2. The Morgan fingerprint density at radius 3 is 2.35 bits per heavy atom. The van der Waals surface area contributed by atoms with Crippen LogP contribution in [-0.4, -0.2) is 32.2 Å². The zero-order valence-electron chi connectivity index (χ0n) is 18.6. The van der Waals surface area contributed by atoms with Gasteiger partial charge in [-0.15, -0.1) is 0 Å². The smallest absolute Gasteiger partial charge is 0.224 e. The Labute approximate surface area is 186 Å². The molecule has 3 rings (SSSR count). The van der Waals surface area contributed by atoms with Crippen LogP contribution in [0.5, 0.6) is 0 Å². The Morgan fingerprint density at radius 1 is 1.00 bits per heavy atom. The monoisotopic (exact) mass is 443 g/mol. The van der Waals surface area contributed by atoms with Crippen LogP contribution in [-0.2, 0) is 27.8 Å². The van der Waals surface area contributed by atoms with E-state index in [9.17, 15) is 13.2 Å². The minimum Gasteiger partial charge on any atom is -0.367 e. The molecule has 1 aliphatic rings. The van der Waals surface area contributed by atoms with E-state index < -0.39 is 14.8 Å². The molecule has 168 valence electrons. The highest BCUT2D eigenvalue weighted by molar-refractivity contribution is 7.90. The zero-order valence-corrected chi connectivity index (χ0v) is 19.5. The van der Waals surface area contributed by atoms with Crippen molar-refractivity contribution in [2.75, 3.05) is 23.3 Å². The summed E-state index contributed by atoms with van der Waals surface area (Å²) in [6, 6.07) is 16.5. The van der Waals surface area contributed by atoms with Gasteiger partial charge in [-0.1, -0.05) is 24.3 Å². The van der Waals surface area contributed by atoms with Crippen molar-refractivity contribution in [1.82, 2.24) is 4.72 Å². The first-order valence-corrected chi connectivity index (χ1v) is 12.3. The van der Waals surface area contributed by atoms with Gasteiger partial charge in [0.1, 0.15) is 0 Å². The van der Waals surface area contributed by atoms with E-state index in [4.69, 9.17) is 0 Å². The molecular weight excluding hydrogens is 410 g/mol. The predicted octanol–water partition coefficient (Wildman–Crippen LogP) is 4.08. The lowest BCUT2D eigenvalue weighted by molar-refractivity contribution is -0.116. The van der Waals surface area contributed by atoms with Gasteiger partial charge in [0, 0.05) is 37.4 Å². The van der Waals surface area contributed by atoms with E-state index in [1.54, 1.807) is 20.8 Å². The summed E-state index contributed by atoms with van der Waals surface area (Å²) in [5, 5.41) is 2.92. The van der Waals surface area contributed by atoms with Gasteiger partial charge in [0.25, 0.3) is 0 Å². The summed E-state index contributed by atoms with van der Waals surface area (Å²) in [5.41, 5.74) is 4.72. The third-order valence-electron chi connectivity index (χ3n) is 5.58. The Morgan fingerprint density at radius 2 is 1.68 bits per heavy atom. The molecule has 0 saturated heterocycles. The Hall–Kier alpha value is -2.38. The molecule has 1 heterocycles. The number of nitrogens with zero attached hydrogens (tertiary/aromatic N) is 1. The number of rotatable bonds is 8. The maximum atomic E-state index is 12.2. The Balaban J connectivity index is 1.41. The fraction of sp³-hybridized carbons (Fsp3) is 0.458. The third-order valence-corrected chi connectivity index (χ3v) is 7.77. The quantitative estimate of drug-likeness (QED) is 0.603. The van der Waals surface area contributed by atoms with Crippen LogP contribution in [0.1, 0.15) is 51.2 Å². The van der Waals surface area contributed by atoms with Crippen LogP contribution in [0.25, 0.3) is 0 Å². The van der Waals surface area contributed by atoms with Gasteiger partial charge in [-0.05, 0) is 75.4 Å². The fourth-order valence-electron chi connectivity index (χ4n) is 3.53. The topological polar surface area (TPSA) is 78.5 Å². The van der Waals surface area contributed by atoms with Crippen LogP contribution < -0.4 is 14.9 Å². The largest absolute Gasteiger partial charge is 0.367 e. The summed E-state index contributed by atoms with van der Waals surface area (Å²) in [5.74, 6) is -0.0571. The van der Waals surface area contributed by atoms with Crippen molar-refractivity contribution < 1.29 is 13.2 Å². The molecule has 0 aliphatic carbocycles. The zero-order chi connectivity index (χ0) is 22.5. The van der Waals surface area contributed by atoms with Gasteiger partial charge in [-0.3, -0.25) is 4.79 Å². The van der Waals surface area contributed by atoms with Crippen LogP contribution in [0.4, 0.5) is 11.4 Å². The lowest BCUT2D eigenvalue weighted by Crippen LogP contribution is -2.39. The maximum Gasteiger partial charge on any atom is 0.224 e. The van der Waals surface area contributed by atoms with E-state index >= 15 is 0 Å². The van der Waals surface area contributed by atoms with Gasteiger partial charge in [-0.2, -0.15) is 0 Å². The molecule has 7 heteroatoms. The van der Waals surface area contributed by atoms with E-state index in [1.807, 2.05) is 24.3 Å². The van der Waals surface area contributed by atoms with Gasteiger partial charge in [0.15, 0.2) is 0 Å². The number of nitrogens with one attached hydrogen (secondary N) is 2. The van der Waals surface area contributed by atoms with Crippen molar-refractivity contribution in [3.05, 3.63) is 59.7 Å². The molecule has 31 heavy (non-hydrogen) atoms. The standard InChI is InChI=1S/C24H33N3O3S/c1-24(2,3)31(29,30)25-16-7-6-10-23(28)26-21-11-13-22(14-12-21)27-17-15-19-8-4-5-9-20(19)18-27/h4-5,8-9,11-14,25H,6-7,10,15-18H2,1-3H3,(H,26,28). The number of hydrogen-bond acceptors (Lipinski definition) is 4. The molecule has 0 fully saturated rings. The van der Waals surface area contributed by atoms with Crippen LogP contribution in [0, 0.1) is 0 Å². The van der Waals surface area contributed by atoms with Crippen molar-refractivity contribution in [2.45, 2.75) is 57.7 Å². The summed E-state index contributed by atoms with van der Waals surface area (Å²) in [7, 11) is -3.33. The fourth-order valence-corrected chi connectivity index (χ4v) is 4.37. The van der Waals surface area contributed by atoms with E-state index in [1.165, 1.54) is 11.1 Å². The predicted molar refractivity (Wildman–Crippen MR) is 127 cm³/mol. The highest BCUT2D eigenvalue weighted by atomic mass is 32.2. The second-order valence-corrected chi connectivity index (χ2v) is 11.5. The molecule has 2 aromatic rings. The first-order chi connectivity index (χ1) is 14.7. The molecule has 0 spiro atoms. The molecule has 2 N–H and O–H groups in total. The number of sulfonamides is 1. The van der Waals surface area contributed by atoms with Crippen molar-refractivity contribution in [3.63, 3.8) is 0 Å². The van der Waals surface area contributed by atoms with E-state index in [2.05, 4.69) is 39.2 Å². The summed E-state index contributed by atoms with van der Waals surface area (Å²) < 4.78 is 25.8. The normalized spacial score (nSPS) is 14.2. The average molecular weight is 444 g/mol. The van der Waals surface area contributed by atoms with Gasteiger partial charge in [-0.25, -0.2) is 13.1 Å². The van der Waals surface area contributed by atoms with Crippen LogP contribution in [0.3, 0.4) is 0 Å². The molecule has 0 unspecified atom stereocenters. The molecule has 0 atom stereocenters. The van der Waals surface area contributed by atoms with Crippen molar-refractivity contribution in [3.8, 4) is 0 Å². The first kappa shape index (κ1) is 23.3. The number of unbranched alkanes of at least 4 members (excludes halogenated alkanes) is 1. The average Bonchev–Trinajstić information content (AvgIpc) is 2.73. The third kappa shape index (κ3) is 6.31. The number of carbonyl (C=O) groups is 1. The Kier molecular flexibility index (Phi) is 7.38. The minimum atomic E-state index is -3.33. The highest BCUT2D eigenvalue weighted by Gasteiger charge is 2.28. The Bertz CT molecular complexity index is 995. The van der Waals surface area contributed by atoms with Crippen LogP contribution in [0.2, 0.25) is 0 Å².